The highest BCUT2D eigenvalue weighted by Gasteiger charge is 2.21. The lowest BCUT2D eigenvalue weighted by atomic mass is 10.0. The van der Waals surface area contributed by atoms with Crippen molar-refractivity contribution in [1.82, 2.24) is 0 Å². The van der Waals surface area contributed by atoms with Gasteiger partial charge in [0.15, 0.2) is 0 Å². The highest BCUT2D eigenvalue weighted by Crippen LogP contribution is 2.31. The maximum absolute atomic E-state index is 11.5. The van der Waals surface area contributed by atoms with Crippen molar-refractivity contribution in [3.8, 4) is 0 Å². The molecule has 0 saturated carbocycles. The topological polar surface area (TPSA) is 26.3 Å². The monoisotopic (exact) mass is 246 g/mol. The zero-order chi connectivity index (χ0) is 11.4. The summed E-state index contributed by atoms with van der Waals surface area (Å²) >= 11 is 12.0. The Bertz CT molecular complexity index is 343. The summed E-state index contributed by atoms with van der Waals surface area (Å²) in [6, 6.07) is 5.16. The molecule has 1 aromatic rings. The fourth-order valence-corrected chi connectivity index (χ4v) is 2.03. The minimum absolute atomic E-state index is 0.312. The summed E-state index contributed by atoms with van der Waals surface area (Å²) in [4.78, 5) is 11.5. The van der Waals surface area contributed by atoms with Crippen molar-refractivity contribution in [3.63, 3.8) is 0 Å². The van der Waals surface area contributed by atoms with Crippen LogP contribution in [0.1, 0.15) is 25.3 Å². The van der Waals surface area contributed by atoms with E-state index in [1.54, 1.807) is 32.0 Å². The van der Waals surface area contributed by atoms with Crippen LogP contribution in [0.5, 0.6) is 0 Å². The maximum atomic E-state index is 11.5. The van der Waals surface area contributed by atoms with Crippen LogP contribution in [0.3, 0.4) is 0 Å². The average Bonchev–Trinajstić information content (AvgIpc) is 2.17. The molecule has 1 atom stereocenters. The van der Waals surface area contributed by atoms with Crippen molar-refractivity contribution < 1.29 is 9.53 Å². The Morgan fingerprint density at radius 2 is 1.93 bits per heavy atom. The zero-order valence-corrected chi connectivity index (χ0v) is 10.1. The van der Waals surface area contributed by atoms with Crippen LogP contribution in [-0.4, -0.2) is 12.6 Å². The summed E-state index contributed by atoms with van der Waals surface area (Å²) in [5.74, 6) is -0.751. The number of esters is 1. The molecule has 0 aliphatic rings. The van der Waals surface area contributed by atoms with E-state index in [1.807, 2.05) is 0 Å². The first-order chi connectivity index (χ1) is 7.07. The molecular formula is C11H12Cl2O2. The predicted molar refractivity (Wildman–Crippen MR) is 61.5 cm³/mol. The predicted octanol–water partition coefficient (Wildman–Crippen LogP) is 3.66. The van der Waals surface area contributed by atoms with Gasteiger partial charge in [0.1, 0.15) is 0 Å². The molecule has 0 aliphatic carbocycles. The fourth-order valence-electron chi connectivity index (χ4n) is 1.31. The number of hydrogen-bond donors (Lipinski definition) is 0. The molecule has 15 heavy (non-hydrogen) atoms. The van der Waals surface area contributed by atoms with E-state index in [2.05, 4.69) is 0 Å². The van der Waals surface area contributed by atoms with E-state index in [0.29, 0.717) is 22.2 Å². The highest BCUT2D eigenvalue weighted by atomic mass is 35.5. The third-order valence-electron chi connectivity index (χ3n) is 2.07. The normalized spacial score (nSPS) is 12.3. The van der Waals surface area contributed by atoms with Gasteiger partial charge < -0.3 is 4.74 Å². The minimum atomic E-state index is -0.439. The molecule has 0 aliphatic heterocycles. The highest BCUT2D eigenvalue weighted by molar-refractivity contribution is 6.36. The van der Waals surface area contributed by atoms with Crippen molar-refractivity contribution in [3.05, 3.63) is 33.8 Å². The van der Waals surface area contributed by atoms with Gasteiger partial charge in [0, 0.05) is 15.6 Å². The first kappa shape index (κ1) is 12.3. The third-order valence-corrected chi connectivity index (χ3v) is 2.73. The Balaban J connectivity index is 3.00. The van der Waals surface area contributed by atoms with E-state index in [0.717, 1.165) is 0 Å². The first-order valence-electron chi connectivity index (χ1n) is 4.68. The van der Waals surface area contributed by atoms with Gasteiger partial charge >= 0.3 is 5.97 Å². The number of carbonyl (C=O) groups excluding carboxylic acids is 1. The molecule has 0 aromatic heterocycles. The first-order valence-corrected chi connectivity index (χ1v) is 5.44. The van der Waals surface area contributed by atoms with Crippen molar-refractivity contribution in [2.24, 2.45) is 0 Å². The number of benzene rings is 1. The molecule has 1 rings (SSSR count). The molecule has 4 heteroatoms. The SMILES string of the molecule is CCOC(=O)[C@H](C)c1c(Cl)cccc1Cl. The van der Waals surface area contributed by atoms with E-state index in [4.69, 9.17) is 27.9 Å². The molecule has 82 valence electrons. The van der Waals surface area contributed by atoms with Crippen LogP contribution in [0.4, 0.5) is 0 Å². The summed E-state index contributed by atoms with van der Waals surface area (Å²) < 4.78 is 4.91. The van der Waals surface area contributed by atoms with Crippen LogP contribution in [0.2, 0.25) is 10.0 Å². The van der Waals surface area contributed by atoms with Crippen molar-refractivity contribution >= 4 is 29.2 Å². The van der Waals surface area contributed by atoms with Crippen LogP contribution in [0.15, 0.2) is 18.2 Å². The summed E-state index contributed by atoms with van der Waals surface area (Å²) in [6.45, 7) is 3.84. The van der Waals surface area contributed by atoms with Gasteiger partial charge in [0.25, 0.3) is 0 Å². The van der Waals surface area contributed by atoms with E-state index in [-0.39, 0.29) is 5.97 Å². The Hall–Kier alpha value is -0.730. The van der Waals surface area contributed by atoms with Gasteiger partial charge in [-0.25, -0.2) is 0 Å². The van der Waals surface area contributed by atoms with Gasteiger partial charge in [0.05, 0.1) is 12.5 Å². The second kappa shape index (κ2) is 5.38. The van der Waals surface area contributed by atoms with E-state index in [9.17, 15) is 4.79 Å². The van der Waals surface area contributed by atoms with Crippen molar-refractivity contribution in [2.75, 3.05) is 6.61 Å². The molecule has 1 aromatic carbocycles. The maximum Gasteiger partial charge on any atom is 0.313 e. The molecular weight excluding hydrogens is 235 g/mol. The molecule has 0 amide bonds. The third kappa shape index (κ3) is 2.86. The van der Waals surface area contributed by atoms with Gasteiger partial charge in [-0.2, -0.15) is 0 Å². The van der Waals surface area contributed by atoms with Crippen molar-refractivity contribution in [2.45, 2.75) is 19.8 Å². The Kier molecular flexibility index (Phi) is 4.43. The van der Waals surface area contributed by atoms with E-state index < -0.39 is 5.92 Å². The fraction of sp³-hybridized carbons (Fsp3) is 0.364. The second-order valence-corrected chi connectivity index (χ2v) is 3.92. The Morgan fingerprint density at radius 3 is 2.40 bits per heavy atom. The van der Waals surface area contributed by atoms with Gasteiger partial charge in [-0.15, -0.1) is 0 Å². The molecule has 0 heterocycles. The summed E-state index contributed by atoms with van der Waals surface area (Å²) in [5.41, 5.74) is 0.624. The quantitative estimate of drug-likeness (QED) is 0.762. The van der Waals surface area contributed by atoms with Gasteiger partial charge in [-0.1, -0.05) is 29.3 Å². The minimum Gasteiger partial charge on any atom is -0.466 e. The molecule has 0 spiro atoms. The lowest BCUT2D eigenvalue weighted by Crippen LogP contribution is -2.13. The van der Waals surface area contributed by atoms with Crippen LogP contribution in [0, 0.1) is 0 Å². The number of ether oxygens (including phenoxy) is 1. The van der Waals surface area contributed by atoms with Crippen LogP contribution in [0.25, 0.3) is 0 Å². The largest absolute Gasteiger partial charge is 0.466 e. The standard InChI is InChI=1S/C11H12Cl2O2/c1-3-15-11(14)7(2)10-8(12)5-4-6-9(10)13/h4-7H,3H2,1-2H3/t7-/m1/s1. The number of rotatable bonds is 3. The Labute approximate surface area is 99.1 Å². The molecule has 0 N–H and O–H groups in total. The van der Waals surface area contributed by atoms with Gasteiger partial charge in [-0.3, -0.25) is 4.79 Å². The lowest BCUT2D eigenvalue weighted by molar-refractivity contribution is -0.144. The van der Waals surface area contributed by atoms with Crippen molar-refractivity contribution in [1.29, 1.82) is 0 Å². The van der Waals surface area contributed by atoms with Crippen LogP contribution >= 0.6 is 23.2 Å². The molecule has 0 radical (unpaired) electrons. The number of halogens is 2. The molecule has 0 unspecified atom stereocenters. The number of hydrogen-bond acceptors (Lipinski definition) is 2. The Morgan fingerprint density at radius 1 is 1.40 bits per heavy atom. The van der Waals surface area contributed by atoms with Gasteiger partial charge in [0.2, 0.25) is 0 Å². The van der Waals surface area contributed by atoms with E-state index >= 15 is 0 Å². The number of carbonyl (C=O) groups is 1. The summed E-state index contributed by atoms with van der Waals surface area (Å²) in [6.07, 6.45) is 0. The van der Waals surface area contributed by atoms with E-state index in [1.165, 1.54) is 0 Å². The molecule has 0 fully saturated rings. The lowest BCUT2D eigenvalue weighted by Gasteiger charge is -2.13. The molecule has 0 saturated heterocycles. The average molecular weight is 247 g/mol. The molecule has 0 bridgehead atoms. The summed E-state index contributed by atoms with van der Waals surface area (Å²) in [7, 11) is 0. The second-order valence-electron chi connectivity index (χ2n) is 3.11. The van der Waals surface area contributed by atoms with Crippen LogP contribution in [-0.2, 0) is 9.53 Å². The van der Waals surface area contributed by atoms with Gasteiger partial charge in [-0.05, 0) is 26.0 Å². The van der Waals surface area contributed by atoms with Crippen LogP contribution < -0.4 is 0 Å². The zero-order valence-electron chi connectivity index (χ0n) is 8.59. The smallest absolute Gasteiger partial charge is 0.313 e. The molecule has 2 nitrogen and oxygen atoms in total. The summed E-state index contributed by atoms with van der Waals surface area (Å²) in [5, 5.41) is 0.978.